The van der Waals surface area contributed by atoms with Gasteiger partial charge in [-0.05, 0) is 26.8 Å². The van der Waals surface area contributed by atoms with Gasteiger partial charge in [-0.3, -0.25) is 9.69 Å². The average Bonchev–Trinajstić information content (AvgIpc) is 2.43. The van der Waals surface area contributed by atoms with E-state index in [1.807, 2.05) is 31.2 Å². The number of fused-ring (bicyclic) bond motifs is 1. The zero-order chi connectivity index (χ0) is 15.0. The highest BCUT2D eigenvalue weighted by atomic mass is 16.5. The molecule has 0 N–H and O–H groups in total. The molecule has 112 valence electrons. The van der Waals surface area contributed by atoms with Gasteiger partial charge in [-0.1, -0.05) is 18.2 Å². The van der Waals surface area contributed by atoms with Crippen molar-refractivity contribution in [1.29, 1.82) is 0 Å². The molecule has 2 heterocycles. The van der Waals surface area contributed by atoms with Crippen molar-refractivity contribution in [3.8, 4) is 0 Å². The summed E-state index contributed by atoms with van der Waals surface area (Å²) >= 11 is 0. The average molecular weight is 287 g/mol. The van der Waals surface area contributed by atoms with E-state index in [9.17, 15) is 4.79 Å². The second-order valence-corrected chi connectivity index (χ2v) is 5.87. The second kappa shape index (κ2) is 5.58. The van der Waals surface area contributed by atoms with E-state index < -0.39 is 0 Å². The van der Waals surface area contributed by atoms with Crippen molar-refractivity contribution in [2.24, 2.45) is 0 Å². The van der Waals surface area contributed by atoms with Crippen LogP contribution in [0.2, 0.25) is 0 Å². The smallest absolute Gasteiger partial charge is 0.275 e. The van der Waals surface area contributed by atoms with E-state index in [1.54, 1.807) is 4.68 Å². The highest BCUT2D eigenvalue weighted by Gasteiger charge is 2.23. The maximum Gasteiger partial charge on any atom is 0.275 e. The molecule has 1 aromatic heterocycles. The number of aromatic nitrogens is 2. The lowest BCUT2D eigenvalue weighted by Crippen LogP contribution is -2.47. The summed E-state index contributed by atoms with van der Waals surface area (Å²) in [5.41, 5.74) is 0.863. The van der Waals surface area contributed by atoms with Gasteiger partial charge in [-0.15, -0.1) is 0 Å². The van der Waals surface area contributed by atoms with Crippen molar-refractivity contribution in [3.63, 3.8) is 0 Å². The topological polar surface area (TPSA) is 47.4 Å². The Labute approximate surface area is 124 Å². The molecule has 1 aromatic carbocycles. The van der Waals surface area contributed by atoms with Gasteiger partial charge in [0.05, 0.1) is 30.0 Å². The Bertz CT molecular complexity index is 700. The van der Waals surface area contributed by atoms with Crippen LogP contribution < -0.4 is 5.56 Å². The van der Waals surface area contributed by atoms with E-state index in [-0.39, 0.29) is 17.8 Å². The van der Waals surface area contributed by atoms with E-state index in [0.29, 0.717) is 6.67 Å². The SMILES string of the molecule is Cc1nn(CN2C[C@@H](C)O[C@H](C)C2)c(=O)c2ccccc12. The molecule has 2 aromatic rings. The minimum atomic E-state index is -0.0250. The van der Waals surface area contributed by atoms with E-state index in [0.717, 1.165) is 29.6 Å². The highest BCUT2D eigenvalue weighted by molar-refractivity contribution is 5.83. The lowest BCUT2D eigenvalue weighted by atomic mass is 10.1. The van der Waals surface area contributed by atoms with Crippen molar-refractivity contribution in [2.75, 3.05) is 13.1 Å². The Morgan fingerprint density at radius 3 is 2.48 bits per heavy atom. The van der Waals surface area contributed by atoms with Gasteiger partial charge < -0.3 is 4.74 Å². The Morgan fingerprint density at radius 2 is 1.81 bits per heavy atom. The molecule has 1 saturated heterocycles. The van der Waals surface area contributed by atoms with Gasteiger partial charge >= 0.3 is 0 Å². The standard InChI is InChI=1S/C16H21N3O2/c1-11-8-18(9-12(2)21-11)10-19-16(20)15-7-5-4-6-14(15)13(3)17-19/h4-7,11-12H,8-10H2,1-3H3/t11-,12-/m1/s1. The monoisotopic (exact) mass is 287 g/mol. The Hall–Kier alpha value is -1.72. The molecule has 5 heteroatoms. The Balaban J connectivity index is 1.94. The fourth-order valence-electron chi connectivity index (χ4n) is 3.09. The minimum Gasteiger partial charge on any atom is -0.373 e. The Kier molecular flexibility index (Phi) is 3.78. The van der Waals surface area contributed by atoms with Crippen LogP contribution in [0.1, 0.15) is 19.5 Å². The van der Waals surface area contributed by atoms with Crippen molar-refractivity contribution >= 4 is 10.8 Å². The third-order valence-electron chi connectivity index (χ3n) is 3.88. The number of hydrogen-bond donors (Lipinski definition) is 0. The molecular formula is C16H21N3O2. The van der Waals surface area contributed by atoms with Crippen LogP contribution in [0.25, 0.3) is 10.8 Å². The lowest BCUT2D eigenvalue weighted by Gasteiger charge is -2.35. The van der Waals surface area contributed by atoms with E-state index in [2.05, 4.69) is 23.8 Å². The fourth-order valence-corrected chi connectivity index (χ4v) is 3.09. The molecule has 0 spiro atoms. The molecular weight excluding hydrogens is 266 g/mol. The van der Waals surface area contributed by atoms with Gasteiger partial charge in [0.15, 0.2) is 0 Å². The summed E-state index contributed by atoms with van der Waals surface area (Å²) in [5, 5.41) is 6.14. The van der Waals surface area contributed by atoms with Crippen molar-refractivity contribution in [3.05, 3.63) is 40.3 Å². The minimum absolute atomic E-state index is 0.0250. The van der Waals surface area contributed by atoms with Crippen LogP contribution in [0, 0.1) is 6.92 Å². The predicted octanol–water partition coefficient (Wildman–Crippen LogP) is 1.77. The number of hydrogen-bond acceptors (Lipinski definition) is 4. The van der Waals surface area contributed by atoms with Crippen LogP contribution in [0.3, 0.4) is 0 Å². The summed E-state index contributed by atoms with van der Waals surface area (Å²) in [5.74, 6) is 0. The van der Waals surface area contributed by atoms with Gasteiger partial charge in [0.1, 0.15) is 0 Å². The van der Waals surface area contributed by atoms with Crippen molar-refractivity contribution < 1.29 is 4.74 Å². The molecule has 0 bridgehead atoms. The third kappa shape index (κ3) is 2.84. The largest absolute Gasteiger partial charge is 0.373 e. The molecule has 2 atom stereocenters. The molecule has 0 aliphatic carbocycles. The quantitative estimate of drug-likeness (QED) is 0.844. The van der Waals surface area contributed by atoms with Crippen molar-refractivity contribution in [2.45, 2.75) is 39.6 Å². The molecule has 21 heavy (non-hydrogen) atoms. The maximum absolute atomic E-state index is 12.6. The summed E-state index contributed by atoms with van der Waals surface area (Å²) < 4.78 is 7.30. The molecule has 5 nitrogen and oxygen atoms in total. The molecule has 1 aliphatic rings. The first kappa shape index (κ1) is 14.2. The van der Waals surface area contributed by atoms with E-state index in [1.165, 1.54) is 0 Å². The van der Waals surface area contributed by atoms with Crippen LogP contribution >= 0.6 is 0 Å². The number of nitrogens with zero attached hydrogens (tertiary/aromatic N) is 3. The number of morpholine rings is 1. The number of benzene rings is 1. The second-order valence-electron chi connectivity index (χ2n) is 5.87. The summed E-state index contributed by atoms with van der Waals surface area (Å²) in [7, 11) is 0. The molecule has 0 amide bonds. The molecule has 1 fully saturated rings. The molecule has 0 unspecified atom stereocenters. The Morgan fingerprint density at radius 1 is 1.19 bits per heavy atom. The van der Waals surface area contributed by atoms with Gasteiger partial charge in [0.25, 0.3) is 5.56 Å². The molecule has 0 saturated carbocycles. The maximum atomic E-state index is 12.6. The zero-order valence-electron chi connectivity index (χ0n) is 12.7. The first-order valence-corrected chi connectivity index (χ1v) is 7.39. The van der Waals surface area contributed by atoms with Crippen LogP contribution in [0.5, 0.6) is 0 Å². The van der Waals surface area contributed by atoms with Crippen LogP contribution in [0.15, 0.2) is 29.1 Å². The van der Waals surface area contributed by atoms with Gasteiger partial charge in [-0.25, -0.2) is 4.68 Å². The number of ether oxygens (including phenoxy) is 1. The molecule has 0 radical (unpaired) electrons. The number of rotatable bonds is 2. The van der Waals surface area contributed by atoms with Gasteiger partial charge in [0, 0.05) is 18.5 Å². The van der Waals surface area contributed by atoms with E-state index in [4.69, 9.17) is 4.74 Å². The summed E-state index contributed by atoms with van der Waals surface area (Å²) in [4.78, 5) is 14.8. The summed E-state index contributed by atoms with van der Waals surface area (Å²) in [6, 6.07) is 7.65. The fraction of sp³-hybridized carbons (Fsp3) is 0.500. The molecule has 3 rings (SSSR count). The lowest BCUT2D eigenvalue weighted by molar-refractivity contribution is -0.0779. The third-order valence-corrected chi connectivity index (χ3v) is 3.88. The van der Waals surface area contributed by atoms with Crippen molar-refractivity contribution in [1.82, 2.24) is 14.7 Å². The van der Waals surface area contributed by atoms with Gasteiger partial charge in [0.2, 0.25) is 0 Å². The van der Waals surface area contributed by atoms with E-state index >= 15 is 0 Å². The van der Waals surface area contributed by atoms with Crippen LogP contribution in [0.4, 0.5) is 0 Å². The van der Waals surface area contributed by atoms with Crippen LogP contribution in [-0.2, 0) is 11.4 Å². The summed E-state index contributed by atoms with van der Waals surface area (Å²) in [6.07, 6.45) is 0.372. The first-order valence-electron chi connectivity index (χ1n) is 7.39. The zero-order valence-corrected chi connectivity index (χ0v) is 12.7. The first-order chi connectivity index (χ1) is 10.0. The summed E-state index contributed by atoms with van der Waals surface area (Å²) in [6.45, 7) is 8.23. The van der Waals surface area contributed by atoms with Crippen LogP contribution in [-0.4, -0.2) is 40.0 Å². The number of aryl methyl sites for hydroxylation is 1. The normalized spacial score (nSPS) is 23.6. The molecule has 1 aliphatic heterocycles. The predicted molar refractivity (Wildman–Crippen MR) is 82.3 cm³/mol. The van der Waals surface area contributed by atoms with Gasteiger partial charge in [-0.2, -0.15) is 5.10 Å². The highest BCUT2D eigenvalue weighted by Crippen LogP contribution is 2.14.